The zero-order valence-electron chi connectivity index (χ0n) is 20.0. The van der Waals surface area contributed by atoms with Crippen LogP contribution in [0.15, 0.2) is 30.5 Å². The van der Waals surface area contributed by atoms with Crippen molar-refractivity contribution in [3.63, 3.8) is 0 Å². The fourth-order valence-electron chi connectivity index (χ4n) is 5.61. The number of hydrogen-bond donors (Lipinski definition) is 1. The summed E-state index contributed by atoms with van der Waals surface area (Å²) < 4.78 is 6.12. The number of benzene rings is 1. The average Bonchev–Trinajstić information content (AvgIpc) is 2.82. The molecule has 2 aliphatic carbocycles. The molecule has 180 valence electrons. The quantitative estimate of drug-likeness (QED) is 0.554. The Morgan fingerprint density at radius 1 is 1.00 bits per heavy atom. The molecule has 2 saturated carbocycles. The van der Waals surface area contributed by atoms with E-state index in [2.05, 4.69) is 34.4 Å². The van der Waals surface area contributed by atoms with Gasteiger partial charge in [0.15, 0.2) is 0 Å². The smallest absolute Gasteiger partial charge is 0.201 e. The molecule has 3 aliphatic rings. The van der Waals surface area contributed by atoms with Gasteiger partial charge in [0.25, 0.3) is 0 Å². The third kappa shape index (κ3) is 5.15. The van der Waals surface area contributed by atoms with Gasteiger partial charge in [-0.25, -0.2) is 9.78 Å². The Bertz CT molecular complexity index is 956. The van der Waals surface area contributed by atoms with Crippen molar-refractivity contribution in [2.24, 2.45) is 0 Å². The SMILES string of the molecule is CN(C1CCC2(CC1)OCC(C)(C)OO2)[C@H]1CC[C@@H](Nc2ccnc3cc(Cl)ccc23)CC1. The van der Waals surface area contributed by atoms with Gasteiger partial charge in [-0.05, 0) is 83.7 Å². The Kier molecular flexibility index (Phi) is 6.57. The van der Waals surface area contributed by atoms with Crippen LogP contribution < -0.4 is 5.32 Å². The summed E-state index contributed by atoms with van der Waals surface area (Å²) in [5.41, 5.74) is 1.74. The van der Waals surface area contributed by atoms with E-state index in [1.165, 1.54) is 25.7 Å². The first-order valence-electron chi connectivity index (χ1n) is 12.4. The minimum atomic E-state index is -0.536. The van der Waals surface area contributed by atoms with Crippen LogP contribution in [-0.2, 0) is 14.5 Å². The standard InChI is InChI=1S/C26H36ClN3O3/c1-25(2)17-31-26(33-32-25)13-10-21(11-14-26)30(3)20-7-5-19(6-8-20)29-23-12-15-28-24-16-18(27)4-9-22(23)24/h4,9,12,15-16,19-21H,5-8,10-11,13-14,17H2,1-3H3,(H,28,29)/t19-,20+,21?,26?. The summed E-state index contributed by atoms with van der Waals surface area (Å²) >= 11 is 6.14. The van der Waals surface area contributed by atoms with Gasteiger partial charge < -0.3 is 15.0 Å². The highest BCUT2D eigenvalue weighted by Gasteiger charge is 2.46. The fraction of sp³-hybridized carbons (Fsp3) is 0.654. The van der Waals surface area contributed by atoms with Crippen molar-refractivity contribution in [3.8, 4) is 0 Å². The van der Waals surface area contributed by atoms with E-state index in [0.29, 0.717) is 24.7 Å². The third-order valence-electron chi connectivity index (χ3n) is 7.73. The van der Waals surface area contributed by atoms with Gasteiger partial charge >= 0.3 is 0 Å². The van der Waals surface area contributed by atoms with Crippen LogP contribution in [0.2, 0.25) is 5.02 Å². The Morgan fingerprint density at radius 2 is 1.73 bits per heavy atom. The van der Waals surface area contributed by atoms with Crippen molar-refractivity contribution in [1.82, 2.24) is 9.88 Å². The van der Waals surface area contributed by atoms with Crippen LogP contribution in [0, 0.1) is 0 Å². The lowest BCUT2D eigenvalue weighted by Crippen LogP contribution is -2.54. The maximum Gasteiger partial charge on any atom is 0.201 e. The lowest BCUT2D eigenvalue weighted by atomic mass is 9.85. The first kappa shape index (κ1) is 23.3. The first-order valence-corrected chi connectivity index (χ1v) is 12.7. The predicted molar refractivity (Wildman–Crippen MR) is 131 cm³/mol. The summed E-state index contributed by atoms with van der Waals surface area (Å²) in [4.78, 5) is 18.4. The minimum absolute atomic E-state index is 0.360. The molecule has 33 heavy (non-hydrogen) atoms. The Balaban J connectivity index is 1.12. The second-order valence-electron chi connectivity index (χ2n) is 10.7. The van der Waals surface area contributed by atoms with Gasteiger partial charge in [0.05, 0.1) is 12.1 Å². The van der Waals surface area contributed by atoms with Crippen molar-refractivity contribution in [1.29, 1.82) is 0 Å². The van der Waals surface area contributed by atoms with Gasteiger partial charge in [-0.1, -0.05) is 11.6 Å². The molecule has 3 fully saturated rings. The molecule has 0 atom stereocenters. The highest BCUT2D eigenvalue weighted by molar-refractivity contribution is 6.31. The Labute approximate surface area is 201 Å². The van der Waals surface area contributed by atoms with Crippen molar-refractivity contribution >= 4 is 28.2 Å². The molecule has 2 heterocycles. The number of pyridine rings is 1. The molecule has 1 aromatic heterocycles. The fourth-order valence-corrected chi connectivity index (χ4v) is 5.78. The zero-order valence-corrected chi connectivity index (χ0v) is 20.7. The molecule has 1 aromatic carbocycles. The van der Waals surface area contributed by atoms with Crippen LogP contribution in [0.4, 0.5) is 5.69 Å². The molecule has 0 unspecified atom stereocenters. The highest BCUT2D eigenvalue weighted by Crippen LogP contribution is 2.40. The Morgan fingerprint density at radius 3 is 2.42 bits per heavy atom. The summed E-state index contributed by atoms with van der Waals surface area (Å²) in [5, 5.41) is 5.64. The lowest BCUT2D eigenvalue weighted by Gasteiger charge is -2.47. The second-order valence-corrected chi connectivity index (χ2v) is 11.1. The van der Waals surface area contributed by atoms with E-state index in [0.717, 1.165) is 47.3 Å². The molecule has 1 saturated heterocycles. The average molecular weight is 474 g/mol. The molecule has 1 spiro atoms. The molecular weight excluding hydrogens is 438 g/mol. The number of aromatic nitrogens is 1. The molecule has 0 radical (unpaired) electrons. The van der Waals surface area contributed by atoms with E-state index in [9.17, 15) is 0 Å². The normalized spacial score (nSPS) is 32.3. The largest absolute Gasteiger partial charge is 0.382 e. The van der Waals surface area contributed by atoms with E-state index in [4.69, 9.17) is 26.1 Å². The van der Waals surface area contributed by atoms with E-state index in [-0.39, 0.29) is 5.60 Å². The summed E-state index contributed by atoms with van der Waals surface area (Å²) in [6.07, 6.45) is 10.6. The molecule has 2 aromatic rings. The summed E-state index contributed by atoms with van der Waals surface area (Å²) in [7, 11) is 2.31. The van der Waals surface area contributed by atoms with Crippen LogP contribution in [0.1, 0.15) is 65.2 Å². The molecule has 5 rings (SSSR count). The highest BCUT2D eigenvalue weighted by atomic mass is 35.5. The molecule has 1 aliphatic heterocycles. The topological polar surface area (TPSA) is 55.9 Å². The molecule has 1 N–H and O–H groups in total. The zero-order chi connectivity index (χ0) is 23.1. The number of nitrogens with one attached hydrogen (secondary N) is 1. The minimum Gasteiger partial charge on any atom is -0.382 e. The van der Waals surface area contributed by atoms with E-state index in [1.807, 2.05) is 32.2 Å². The summed E-state index contributed by atoms with van der Waals surface area (Å²) in [6.45, 7) is 4.58. The van der Waals surface area contributed by atoms with Crippen LogP contribution in [0.5, 0.6) is 0 Å². The van der Waals surface area contributed by atoms with Gasteiger partial charge in [0, 0.05) is 53.3 Å². The molecule has 0 bridgehead atoms. The predicted octanol–water partition coefficient (Wildman–Crippen LogP) is 5.94. The van der Waals surface area contributed by atoms with Crippen LogP contribution in [-0.4, -0.2) is 53.1 Å². The lowest BCUT2D eigenvalue weighted by molar-refractivity contribution is -0.511. The summed E-state index contributed by atoms with van der Waals surface area (Å²) in [5.74, 6) is -0.536. The number of nitrogens with zero attached hydrogens (tertiary/aromatic N) is 2. The van der Waals surface area contributed by atoms with E-state index >= 15 is 0 Å². The van der Waals surface area contributed by atoms with Crippen LogP contribution >= 0.6 is 11.6 Å². The number of ether oxygens (including phenoxy) is 1. The number of fused-ring (bicyclic) bond motifs is 1. The third-order valence-corrected chi connectivity index (χ3v) is 7.97. The maximum atomic E-state index is 6.14. The number of rotatable bonds is 4. The summed E-state index contributed by atoms with van der Waals surface area (Å²) in [6, 6.07) is 9.72. The first-order chi connectivity index (χ1) is 15.8. The van der Waals surface area contributed by atoms with Gasteiger partial charge in [-0.3, -0.25) is 4.98 Å². The van der Waals surface area contributed by atoms with Gasteiger partial charge in [-0.2, -0.15) is 0 Å². The van der Waals surface area contributed by atoms with E-state index in [1.54, 1.807) is 0 Å². The van der Waals surface area contributed by atoms with Crippen molar-refractivity contribution < 1.29 is 14.5 Å². The van der Waals surface area contributed by atoms with Crippen molar-refractivity contribution in [2.75, 3.05) is 19.0 Å². The number of anilines is 1. The van der Waals surface area contributed by atoms with E-state index < -0.39 is 5.79 Å². The number of halogens is 1. The van der Waals surface area contributed by atoms with Crippen LogP contribution in [0.25, 0.3) is 10.9 Å². The molecular formula is C26H36ClN3O3. The van der Waals surface area contributed by atoms with Crippen LogP contribution in [0.3, 0.4) is 0 Å². The monoisotopic (exact) mass is 473 g/mol. The van der Waals surface area contributed by atoms with Gasteiger partial charge in [0.1, 0.15) is 5.60 Å². The van der Waals surface area contributed by atoms with Crippen molar-refractivity contribution in [3.05, 3.63) is 35.5 Å². The molecule has 6 nitrogen and oxygen atoms in total. The maximum absolute atomic E-state index is 6.14. The van der Waals surface area contributed by atoms with Gasteiger partial charge in [0.2, 0.25) is 5.79 Å². The van der Waals surface area contributed by atoms with Crippen molar-refractivity contribution in [2.45, 2.75) is 94.7 Å². The number of hydrogen-bond acceptors (Lipinski definition) is 6. The molecule has 7 heteroatoms. The second kappa shape index (κ2) is 9.31. The Hall–Kier alpha value is -1.44. The molecule has 0 amide bonds. The van der Waals surface area contributed by atoms with Gasteiger partial charge in [-0.15, -0.1) is 0 Å².